The van der Waals surface area contributed by atoms with Crippen LogP contribution in [-0.2, 0) is 9.53 Å². The number of methoxy groups -OCH3 is 1. The van der Waals surface area contributed by atoms with E-state index in [1.165, 1.54) is 12.0 Å². The molecule has 1 aromatic carbocycles. The van der Waals surface area contributed by atoms with Gasteiger partial charge in [-0.05, 0) is 25.0 Å². The molecule has 1 aromatic rings. The van der Waals surface area contributed by atoms with Gasteiger partial charge in [0.25, 0.3) is 5.91 Å². The molecule has 1 unspecified atom stereocenters. The Hall–Kier alpha value is -1.69. The second-order valence-corrected chi connectivity index (χ2v) is 5.27. The van der Waals surface area contributed by atoms with Crippen LogP contribution >= 0.6 is 11.6 Å². The summed E-state index contributed by atoms with van der Waals surface area (Å²) in [6.45, 7) is 0.614. The second kappa shape index (κ2) is 6.39. The third kappa shape index (κ3) is 3.32. The number of carbonyl (C=O) groups excluding carboxylic acids is 2. The molecule has 4 nitrogen and oxygen atoms in total. The van der Waals surface area contributed by atoms with Gasteiger partial charge in [-0.2, -0.15) is 0 Å². The van der Waals surface area contributed by atoms with Crippen LogP contribution < -0.4 is 0 Å². The first-order chi connectivity index (χ1) is 9.93. The van der Waals surface area contributed by atoms with Gasteiger partial charge in [-0.3, -0.25) is 9.59 Å². The predicted octanol–water partition coefficient (Wildman–Crippen LogP) is 2.64. The predicted molar refractivity (Wildman–Crippen MR) is 72.0 cm³/mol. The number of amides is 1. The smallest absolute Gasteiger partial charge is 0.310 e. The van der Waals surface area contributed by atoms with Crippen molar-refractivity contribution in [2.45, 2.75) is 12.8 Å². The van der Waals surface area contributed by atoms with Crippen LogP contribution in [0.5, 0.6) is 0 Å². The molecule has 0 bridgehead atoms. The van der Waals surface area contributed by atoms with Gasteiger partial charge >= 0.3 is 5.97 Å². The molecule has 1 amide bonds. The van der Waals surface area contributed by atoms with Gasteiger partial charge in [-0.1, -0.05) is 11.6 Å². The molecule has 0 spiro atoms. The van der Waals surface area contributed by atoms with Crippen LogP contribution in [0.15, 0.2) is 12.1 Å². The highest BCUT2D eigenvalue weighted by Gasteiger charge is 2.30. The van der Waals surface area contributed by atoms with Gasteiger partial charge in [0.2, 0.25) is 0 Å². The molecule has 1 atom stereocenters. The Kier molecular flexibility index (Phi) is 4.77. The number of benzene rings is 1. The number of hydrogen-bond acceptors (Lipinski definition) is 3. The zero-order chi connectivity index (χ0) is 15.6. The molecule has 0 aromatic heterocycles. The van der Waals surface area contributed by atoms with E-state index < -0.39 is 23.5 Å². The molecule has 1 heterocycles. The number of halogens is 3. The van der Waals surface area contributed by atoms with Crippen LogP contribution in [0, 0.1) is 17.6 Å². The quantitative estimate of drug-likeness (QED) is 0.622. The molecule has 21 heavy (non-hydrogen) atoms. The minimum atomic E-state index is -1.13. The first kappa shape index (κ1) is 15.7. The molecule has 1 aliphatic heterocycles. The third-order valence-electron chi connectivity index (χ3n) is 3.48. The maximum absolute atomic E-state index is 13.3. The lowest BCUT2D eigenvalue weighted by Crippen LogP contribution is -2.42. The first-order valence-electron chi connectivity index (χ1n) is 6.45. The molecule has 2 rings (SSSR count). The van der Waals surface area contributed by atoms with E-state index in [1.54, 1.807) is 0 Å². The van der Waals surface area contributed by atoms with Crippen LogP contribution in [0.3, 0.4) is 0 Å². The average molecular weight is 318 g/mol. The molecular formula is C14H14ClF2NO3. The molecule has 0 saturated carbocycles. The SMILES string of the molecule is COC(=O)C1CCCN(C(=O)c2cc(F)c(F)cc2Cl)C1. The number of likely N-dealkylation sites (tertiary alicyclic amines) is 1. The van der Waals surface area contributed by atoms with Crippen molar-refractivity contribution >= 4 is 23.5 Å². The fourth-order valence-corrected chi connectivity index (χ4v) is 2.61. The highest BCUT2D eigenvalue weighted by molar-refractivity contribution is 6.33. The highest BCUT2D eigenvalue weighted by atomic mass is 35.5. The van der Waals surface area contributed by atoms with Crippen molar-refractivity contribution < 1.29 is 23.1 Å². The van der Waals surface area contributed by atoms with Gasteiger partial charge in [0, 0.05) is 13.1 Å². The Morgan fingerprint density at radius 2 is 2.00 bits per heavy atom. The summed E-state index contributed by atoms with van der Waals surface area (Å²) in [5.41, 5.74) is -0.110. The Morgan fingerprint density at radius 3 is 2.67 bits per heavy atom. The first-order valence-corrected chi connectivity index (χ1v) is 6.83. The standard InChI is InChI=1S/C14H14ClF2NO3/c1-21-14(20)8-3-2-4-18(7-8)13(19)9-5-11(16)12(17)6-10(9)15/h5-6,8H,2-4,7H2,1H3. The molecule has 1 fully saturated rings. The number of rotatable bonds is 2. The van der Waals surface area contributed by atoms with E-state index >= 15 is 0 Å². The number of ether oxygens (including phenoxy) is 1. The topological polar surface area (TPSA) is 46.6 Å². The zero-order valence-corrected chi connectivity index (χ0v) is 12.1. The highest BCUT2D eigenvalue weighted by Crippen LogP contribution is 2.25. The van der Waals surface area contributed by atoms with Crippen LogP contribution in [-0.4, -0.2) is 37.0 Å². The van der Waals surface area contributed by atoms with E-state index in [2.05, 4.69) is 4.74 Å². The van der Waals surface area contributed by atoms with Crippen molar-refractivity contribution in [2.75, 3.05) is 20.2 Å². The van der Waals surface area contributed by atoms with Gasteiger partial charge in [-0.25, -0.2) is 8.78 Å². The maximum Gasteiger partial charge on any atom is 0.310 e. The van der Waals surface area contributed by atoms with E-state index in [0.29, 0.717) is 19.4 Å². The van der Waals surface area contributed by atoms with Crippen LogP contribution in [0.2, 0.25) is 5.02 Å². The third-order valence-corrected chi connectivity index (χ3v) is 3.80. The van der Waals surface area contributed by atoms with E-state index in [4.69, 9.17) is 11.6 Å². The Bertz CT molecular complexity index is 580. The Morgan fingerprint density at radius 1 is 1.33 bits per heavy atom. The van der Waals surface area contributed by atoms with Crippen LogP contribution in [0.25, 0.3) is 0 Å². The molecule has 7 heteroatoms. The van der Waals surface area contributed by atoms with Crippen molar-refractivity contribution in [2.24, 2.45) is 5.92 Å². The fraction of sp³-hybridized carbons (Fsp3) is 0.429. The summed E-state index contributed by atoms with van der Waals surface area (Å²) in [5.74, 6) is -3.56. The van der Waals surface area contributed by atoms with Crippen molar-refractivity contribution in [3.8, 4) is 0 Å². The summed E-state index contributed by atoms with van der Waals surface area (Å²) in [5, 5.41) is -0.154. The lowest BCUT2D eigenvalue weighted by Gasteiger charge is -2.31. The summed E-state index contributed by atoms with van der Waals surface area (Å²) in [6.07, 6.45) is 1.26. The normalized spacial score (nSPS) is 18.5. The zero-order valence-electron chi connectivity index (χ0n) is 11.4. The van der Waals surface area contributed by atoms with Gasteiger partial charge in [-0.15, -0.1) is 0 Å². The summed E-state index contributed by atoms with van der Waals surface area (Å²) in [4.78, 5) is 25.3. The van der Waals surface area contributed by atoms with E-state index in [0.717, 1.165) is 12.1 Å². The van der Waals surface area contributed by atoms with Gasteiger partial charge in [0.05, 0.1) is 23.6 Å². The molecule has 0 N–H and O–H groups in total. The molecule has 0 aliphatic carbocycles. The van der Waals surface area contributed by atoms with Gasteiger partial charge in [0.15, 0.2) is 11.6 Å². The van der Waals surface area contributed by atoms with E-state index in [-0.39, 0.29) is 23.1 Å². The number of nitrogens with zero attached hydrogens (tertiary/aromatic N) is 1. The van der Waals surface area contributed by atoms with Gasteiger partial charge in [0.1, 0.15) is 0 Å². The summed E-state index contributed by atoms with van der Waals surface area (Å²) in [7, 11) is 1.29. The molecule has 0 radical (unpaired) electrons. The van der Waals surface area contributed by atoms with Crippen molar-refractivity contribution in [3.63, 3.8) is 0 Å². The van der Waals surface area contributed by atoms with E-state index in [1.807, 2.05) is 0 Å². The molecular weight excluding hydrogens is 304 g/mol. The van der Waals surface area contributed by atoms with E-state index in [9.17, 15) is 18.4 Å². The van der Waals surface area contributed by atoms with Crippen molar-refractivity contribution in [3.05, 3.63) is 34.4 Å². The summed E-state index contributed by atoms with van der Waals surface area (Å²) >= 11 is 5.80. The van der Waals surface area contributed by atoms with Crippen molar-refractivity contribution in [1.82, 2.24) is 4.90 Å². The van der Waals surface area contributed by atoms with Gasteiger partial charge < -0.3 is 9.64 Å². The van der Waals surface area contributed by atoms with Crippen LogP contribution in [0.1, 0.15) is 23.2 Å². The largest absolute Gasteiger partial charge is 0.469 e. The maximum atomic E-state index is 13.3. The van der Waals surface area contributed by atoms with Crippen LogP contribution in [0.4, 0.5) is 8.78 Å². The number of piperidine rings is 1. The minimum Gasteiger partial charge on any atom is -0.469 e. The monoisotopic (exact) mass is 317 g/mol. The Labute approximate surface area is 125 Å². The number of carbonyl (C=O) groups is 2. The number of hydrogen-bond donors (Lipinski definition) is 0. The minimum absolute atomic E-state index is 0.110. The van der Waals surface area contributed by atoms with Crippen molar-refractivity contribution in [1.29, 1.82) is 0 Å². The molecule has 1 saturated heterocycles. The summed E-state index contributed by atoms with van der Waals surface area (Å²) in [6, 6.07) is 1.55. The summed E-state index contributed by atoms with van der Waals surface area (Å²) < 4.78 is 31.0. The average Bonchev–Trinajstić information content (AvgIpc) is 2.49. The molecule has 1 aliphatic rings. The lowest BCUT2D eigenvalue weighted by atomic mass is 9.97. The molecule has 114 valence electrons. The fourth-order valence-electron chi connectivity index (χ4n) is 2.38. The Balaban J connectivity index is 2.20. The second-order valence-electron chi connectivity index (χ2n) is 4.86. The number of esters is 1. The lowest BCUT2D eigenvalue weighted by molar-refractivity contribution is -0.146.